The van der Waals surface area contributed by atoms with E-state index in [0.29, 0.717) is 0 Å². The van der Waals surface area contributed by atoms with Crippen molar-refractivity contribution in [1.82, 2.24) is 0 Å². The van der Waals surface area contributed by atoms with Crippen LogP contribution in [0, 0.1) is 0 Å². The van der Waals surface area contributed by atoms with Crippen LogP contribution in [0.2, 0.25) is 0 Å². The fraction of sp³-hybridized carbons (Fsp3) is 0.250. The van der Waals surface area contributed by atoms with Crippen LogP contribution in [0.3, 0.4) is 0 Å². The van der Waals surface area contributed by atoms with Gasteiger partial charge in [0.2, 0.25) is 0 Å². The molecule has 1 aliphatic rings. The van der Waals surface area contributed by atoms with Crippen LogP contribution in [0.25, 0.3) is 0 Å². The van der Waals surface area contributed by atoms with Crippen LogP contribution in [0.5, 0.6) is 0 Å². The average molecular weight is 151 g/mol. The van der Waals surface area contributed by atoms with Crippen molar-refractivity contribution in [1.29, 1.82) is 0 Å². The quantitative estimate of drug-likeness (QED) is 0.420. The van der Waals surface area contributed by atoms with E-state index in [1.807, 2.05) is 24.3 Å². The second kappa shape index (κ2) is 3.71. The Kier molecular flexibility index (Phi) is 2.60. The lowest BCUT2D eigenvalue weighted by atomic mass is 10.2. The van der Waals surface area contributed by atoms with Crippen molar-refractivity contribution in [3.05, 3.63) is 24.3 Å². The highest BCUT2D eigenvalue weighted by molar-refractivity contribution is 5.97. The first kappa shape index (κ1) is 7.72. The number of nitrogens with zero attached hydrogens (tertiary/aromatic N) is 1. The van der Waals surface area contributed by atoms with Crippen molar-refractivity contribution in [3.8, 4) is 0 Å². The number of rotatable bonds is 1. The monoisotopic (exact) mass is 151 g/mol. The third-order valence-corrected chi connectivity index (χ3v) is 1.15. The zero-order valence-corrected chi connectivity index (χ0v) is 6.28. The van der Waals surface area contributed by atoms with Crippen LogP contribution in [-0.2, 0) is 9.63 Å². The van der Waals surface area contributed by atoms with Crippen molar-refractivity contribution in [2.45, 2.75) is 13.3 Å². The van der Waals surface area contributed by atoms with Gasteiger partial charge in [0.15, 0.2) is 0 Å². The molecule has 0 aromatic carbocycles. The molecule has 0 unspecified atom stereocenters. The Hall–Kier alpha value is -1.38. The Morgan fingerprint density at radius 1 is 1.64 bits per heavy atom. The Labute approximate surface area is 65.0 Å². The molecule has 0 aromatic rings. The summed E-state index contributed by atoms with van der Waals surface area (Å²) in [6.45, 7) is 1.33. The SMILES string of the molecule is CC(=O)ON=C1C=CC=CC1. The number of allylic oxidation sites excluding steroid dienone is 4. The Balaban J connectivity index is 2.47. The molecule has 11 heavy (non-hydrogen) atoms. The van der Waals surface area contributed by atoms with Gasteiger partial charge in [-0.15, -0.1) is 0 Å². The number of carbonyl (C=O) groups excluding carboxylic acids is 1. The van der Waals surface area contributed by atoms with Gasteiger partial charge in [0.1, 0.15) is 0 Å². The maximum atomic E-state index is 10.3. The van der Waals surface area contributed by atoms with Gasteiger partial charge in [0.25, 0.3) is 0 Å². The molecule has 3 heteroatoms. The summed E-state index contributed by atoms with van der Waals surface area (Å²) in [6.07, 6.45) is 8.26. The van der Waals surface area contributed by atoms with Gasteiger partial charge in [-0.25, -0.2) is 4.79 Å². The predicted molar refractivity (Wildman–Crippen MR) is 42.1 cm³/mol. The third kappa shape index (κ3) is 2.80. The minimum atomic E-state index is -0.388. The van der Waals surface area contributed by atoms with Crippen molar-refractivity contribution in [3.63, 3.8) is 0 Å². The van der Waals surface area contributed by atoms with Crippen LogP contribution in [0.15, 0.2) is 29.5 Å². The summed E-state index contributed by atoms with van der Waals surface area (Å²) in [5.74, 6) is -0.388. The van der Waals surface area contributed by atoms with E-state index < -0.39 is 0 Å². The van der Waals surface area contributed by atoms with Crippen molar-refractivity contribution >= 4 is 11.7 Å². The Morgan fingerprint density at radius 2 is 2.45 bits per heavy atom. The molecule has 0 spiro atoms. The molecule has 0 saturated heterocycles. The molecule has 0 amide bonds. The third-order valence-electron chi connectivity index (χ3n) is 1.15. The minimum absolute atomic E-state index is 0.388. The van der Waals surface area contributed by atoms with E-state index in [1.54, 1.807) is 0 Å². The van der Waals surface area contributed by atoms with E-state index in [9.17, 15) is 4.79 Å². The van der Waals surface area contributed by atoms with Crippen molar-refractivity contribution < 1.29 is 9.63 Å². The van der Waals surface area contributed by atoms with E-state index in [0.717, 1.165) is 12.1 Å². The molecule has 0 heterocycles. The lowest BCUT2D eigenvalue weighted by molar-refractivity contribution is -0.140. The highest BCUT2D eigenvalue weighted by atomic mass is 16.7. The molecule has 0 saturated carbocycles. The molecule has 58 valence electrons. The highest BCUT2D eigenvalue weighted by Crippen LogP contribution is 1.99. The van der Waals surface area contributed by atoms with Crippen LogP contribution < -0.4 is 0 Å². The molecule has 0 radical (unpaired) electrons. The van der Waals surface area contributed by atoms with Gasteiger partial charge >= 0.3 is 5.97 Å². The molecule has 0 fully saturated rings. The zero-order valence-electron chi connectivity index (χ0n) is 6.28. The highest BCUT2D eigenvalue weighted by Gasteiger charge is 1.96. The molecule has 1 aliphatic carbocycles. The number of hydrogen-bond acceptors (Lipinski definition) is 3. The Bertz CT molecular complexity index is 238. The molecule has 0 N–H and O–H groups in total. The topological polar surface area (TPSA) is 38.7 Å². The minimum Gasteiger partial charge on any atom is -0.318 e. The van der Waals surface area contributed by atoms with Gasteiger partial charge in [-0.05, 0) is 6.08 Å². The summed E-state index contributed by atoms with van der Waals surface area (Å²) >= 11 is 0. The summed E-state index contributed by atoms with van der Waals surface area (Å²) in [4.78, 5) is 14.8. The Morgan fingerprint density at radius 3 is 3.00 bits per heavy atom. The van der Waals surface area contributed by atoms with Gasteiger partial charge in [0.05, 0.1) is 5.71 Å². The molecule has 3 nitrogen and oxygen atoms in total. The molecule has 0 aromatic heterocycles. The lowest BCUT2D eigenvalue weighted by Crippen LogP contribution is -1.99. The van der Waals surface area contributed by atoms with E-state index in [2.05, 4.69) is 9.99 Å². The van der Waals surface area contributed by atoms with E-state index in [-0.39, 0.29) is 5.97 Å². The van der Waals surface area contributed by atoms with E-state index in [1.165, 1.54) is 6.92 Å². The van der Waals surface area contributed by atoms with Crippen LogP contribution in [0.1, 0.15) is 13.3 Å². The van der Waals surface area contributed by atoms with Crippen LogP contribution >= 0.6 is 0 Å². The van der Waals surface area contributed by atoms with Gasteiger partial charge in [0, 0.05) is 13.3 Å². The molecule has 0 aliphatic heterocycles. The summed E-state index contributed by atoms with van der Waals surface area (Å²) in [6, 6.07) is 0. The average Bonchev–Trinajstić information content (AvgIpc) is 2.03. The normalized spacial score (nSPS) is 18.8. The number of carbonyl (C=O) groups is 1. The second-order valence-electron chi connectivity index (χ2n) is 2.16. The largest absolute Gasteiger partial charge is 0.331 e. The maximum absolute atomic E-state index is 10.3. The van der Waals surface area contributed by atoms with Gasteiger partial charge in [-0.2, -0.15) is 0 Å². The van der Waals surface area contributed by atoms with Crippen LogP contribution in [-0.4, -0.2) is 11.7 Å². The molecule has 0 bridgehead atoms. The standard InChI is InChI=1S/C8H9NO2/c1-7(10)11-9-8-5-3-2-4-6-8/h2-5H,6H2,1H3. The van der Waals surface area contributed by atoms with E-state index >= 15 is 0 Å². The summed E-state index contributed by atoms with van der Waals surface area (Å²) < 4.78 is 0. The lowest BCUT2D eigenvalue weighted by Gasteiger charge is -1.98. The molecule has 0 atom stereocenters. The van der Waals surface area contributed by atoms with Gasteiger partial charge in [-0.1, -0.05) is 23.4 Å². The summed E-state index contributed by atoms with van der Waals surface area (Å²) in [5.41, 5.74) is 0.766. The van der Waals surface area contributed by atoms with Crippen LogP contribution in [0.4, 0.5) is 0 Å². The first-order valence-electron chi connectivity index (χ1n) is 3.36. The smallest absolute Gasteiger partial charge is 0.318 e. The predicted octanol–water partition coefficient (Wildman–Crippen LogP) is 1.42. The number of hydrogen-bond donors (Lipinski definition) is 0. The molecular weight excluding hydrogens is 142 g/mol. The van der Waals surface area contributed by atoms with Gasteiger partial charge in [-0.3, -0.25) is 0 Å². The van der Waals surface area contributed by atoms with Gasteiger partial charge < -0.3 is 4.84 Å². The number of oxime groups is 1. The fourth-order valence-electron chi connectivity index (χ4n) is 0.693. The molecular formula is C8H9NO2. The second-order valence-corrected chi connectivity index (χ2v) is 2.16. The maximum Gasteiger partial charge on any atom is 0.331 e. The first-order valence-corrected chi connectivity index (χ1v) is 3.36. The first-order chi connectivity index (χ1) is 5.29. The summed E-state index contributed by atoms with van der Waals surface area (Å²) in [7, 11) is 0. The van der Waals surface area contributed by atoms with Crippen molar-refractivity contribution in [2.75, 3.05) is 0 Å². The summed E-state index contributed by atoms with van der Waals surface area (Å²) in [5, 5.41) is 3.61. The molecule has 1 rings (SSSR count). The van der Waals surface area contributed by atoms with Crippen molar-refractivity contribution in [2.24, 2.45) is 5.16 Å². The van der Waals surface area contributed by atoms with E-state index in [4.69, 9.17) is 0 Å². The zero-order chi connectivity index (χ0) is 8.10. The fourth-order valence-corrected chi connectivity index (χ4v) is 0.693.